The fraction of sp³-hybridized carbons (Fsp3) is 0.364. The predicted octanol–water partition coefficient (Wildman–Crippen LogP) is 0.564. The number of hydrogen-bond acceptors (Lipinski definition) is 4. The molecule has 20 heavy (non-hydrogen) atoms. The third-order valence-corrected chi connectivity index (χ3v) is 5.20. The number of sulfonamides is 1. The summed E-state index contributed by atoms with van der Waals surface area (Å²) in [6.07, 6.45) is 0. The van der Waals surface area contributed by atoms with Gasteiger partial charge in [-0.1, -0.05) is 15.9 Å². The smallest absolute Gasteiger partial charge is 0.248 e. The highest BCUT2D eigenvalue weighted by Gasteiger charge is 2.26. The molecule has 112 valence electrons. The number of halogens is 2. The van der Waals surface area contributed by atoms with Crippen molar-refractivity contribution in [2.75, 3.05) is 26.2 Å². The maximum Gasteiger partial charge on any atom is 0.248 e. The van der Waals surface area contributed by atoms with Crippen LogP contribution in [0.4, 0.5) is 0 Å². The van der Waals surface area contributed by atoms with Gasteiger partial charge in [-0.05, 0) is 18.2 Å². The maximum absolute atomic E-state index is 12.4. The van der Waals surface area contributed by atoms with E-state index >= 15 is 0 Å². The summed E-state index contributed by atoms with van der Waals surface area (Å²) in [6.45, 7) is 2.08. The highest BCUT2D eigenvalue weighted by Crippen LogP contribution is 2.22. The second-order valence-corrected chi connectivity index (χ2v) is 7.05. The van der Waals surface area contributed by atoms with Gasteiger partial charge in [-0.25, -0.2) is 8.42 Å². The molecule has 1 saturated heterocycles. The standard InChI is InChI=1S/C11H14BrN3O3S.ClH/c12-9-5-8(11(13)16)6-10(7-9)19(17,18)15-3-1-14-2-4-15;/h5-7,14H,1-4H2,(H2,13,16);1H. The van der Waals surface area contributed by atoms with Crippen molar-refractivity contribution in [1.82, 2.24) is 9.62 Å². The fourth-order valence-corrected chi connectivity index (χ4v) is 4.05. The van der Waals surface area contributed by atoms with Crippen LogP contribution in [0.3, 0.4) is 0 Å². The van der Waals surface area contributed by atoms with Gasteiger partial charge in [0.15, 0.2) is 0 Å². The lowest BCUT2D eigenvalue weighted by Crippen LogP contribution is -2.46. The number of nitrogens with one attached hydrogen (secondary N) is 1. The number of carbonyl (C=O) groups is 1. The number of rotatable bonds is 3. The average molecular weight is 385 g/mol. The molecule has 0 aromatic heterocycles. The Balaban J connectivity index is 0.00000200. The first-order valence-corrected chi connectivity index (χ1v) is 7.96. The van der Waals surface area contributed by atoms with E-state index < -0.39 is 15.9 Å². The summed E-state index contributed by atoms with van der Waals surface area (Å²) in [5.74, 6) is -0.655. The molecule has 0 radical (unpaired) electrons. The van der Waals surface area contributed by atoms with Gasteiger partial charge in [0.05, 0.1) is 4.90 Å². The van der Waals surface area contributed by atoms with E-state index in [0.717, 1.165) is 0 Å². The van der Waals surface area contributed by atoms with Crippen molar-refractivity contribution in [3.05, 3.63) is 28.2 Å². The van der Waals surface area contributed by atoms with Gasteiger partial charge >= 0.3 is 0 Å². The van der Waals surface area contributed by atoms with Crippen molar-refractivity contribution in [2.45, 2.75) is 4.90 Å². The number of carbonyl (C=O) groups excluding carboxylic acids is 1. The average Bonchev–Trinajstić information content (AvgIpc) is 2.39. The van der Waals surface area contributed by atoms with Gasteiger partial charge in [-0.2, -0.15) is 4.31 Å². The largest absolute Gasteiger partial charge is 0.366 e. The zero-order valence-corrected chi connectivity index (χ0v) is 13.7. The molecule has 0 unspecified atom stereocenters. The van der Waals surface area contributed by atoms with Crippen LogP contribution in [0, 0.1) is 0 Å². The number of nitrogens with zero attached hydrogens (tertiary/aromatic N) is 1. The Morgan fingerprint density at radius 3 is 2.40 bits per heavy atom. The first-order chi connectivity index (χ1) is 8.91. The fourth-order valence-electron chi connectivity index (χ4n) is 1.89. The minimum atomic E-state index is -3.58. The Labute approximate surface area is 132 Å². The molecule has 6 nitrogen and oxygen atoms in total. The van der Waals surface area contributed by atoms with E-state index in [1.54, 1.807) is 0 Å². The van der Waals surface area contributed by atoms with Gasteiger partial charge in [-0.3, -0.25) is 4.79 Å². The van der Waals surface area contributed by atoms with Crippen LogP contribution in [-0.2, 0) is 10.0 Å². The van der Waals surface area contributed by atoms with Crippen LogP contribution in [0.25, 0.3) is 0 Å². The molecule has 2 rings (SSSR count). The summed E-state index contributed by atoms with van der Waals surface area (Å²) >= 11 is 3.19. The lowest BCUT2D eigenvalue weighted by atomic mass is 10.2. The van der Waals surface area contributed by atoms with E-state index in [-0.39, 0.29) is 22.9 Å². The molecule has 1 heterocycles. The van der Waals surface area contributed by atoms with E-state index in [4.69, 9.17) is 5.73 Å². The van der Waals surface area contributed by atoms with Gasteiger partial charge in [-0.15, -0.1) is 12.4 Å². The summed E-state index contributed by atoms with van der Waals surface area (Å²) in [6, 6.07) is 4.29. The molecule has 1 aromatic carbocycles. The van der Waals surface area contributed by atoms with Gasteiger partial charge in [0, 0.05) is 36.2 Å². The van der Waals surface area contributed by atoms with Crippen molar-refractivity contribution in [3.63, 3.8) is 0 Å². The van der Waals surface area contributed by atoms with E-state index in [1.165, 1.54) is 22.5 Å². The van der Waals surface area contributed by atoms with Gasteiger partial charge < -0.3 is 11.1 Å². The summed E-state index contributed by atoms with van der Waals surface area (Å²) in [5.41, 5.74) is 5.36. The lowest BCUT2D eigenvalue weighted by molar-refractivity contribution is 0.1000. The van der Waals surface area contributed by atoms with Crippen LogP contribution in [-0.4, -0.2) is 44.8 Å². The van der Waals surface area contributed by atoms with Crippen molar-refractivity contribution in [3.8, 4) is 0 Å². The third-order valence-electron chi connectivity index (χ3n) is 2.87. The predicted molar refractivity (Wildman–Crippen MR) is 81.5 cm³/mol. The Morgan fingerprint density at radius 1 is 1.25 bits per heavy atom. The summed E-state index contributed by atoms with van der Waals surface area (Å²) in [7, 11) is -3.58. The molecule has 0 spiro atoms. The lowest BCUT2D eigenvalue weighted by Gasteiger charge is -2.26. The highest BCUT2D eigenvalue weighted by molar-refractivity contribution is 9.10. The molecular formula is C11H15BrClN3O3S. The van der Waals surface area contributed by atoms with Crippen LogP contribution in [0.15, 0.2) is 27.6 Å². The molecule has 0 saturated carbocycles. The molecule has 1 aliphatic rings. The number of piperazine rings is 1. The molecule has 0 atom stereocenters. The highest BCUT2D eigenvalue weighted by atomic mass is 79.9. The maximum atomic E-state index is 12.4. The zero-order chi connectivity index (χ0) is 14.0. The monoisotopic (exact) mass is 383 g/mol. The molecule has 1 aliphatic heterocycles. The zero-order valence-electron chi connectivity index (χ0n) is 10.5. The Kier molecular flexibility index (Phi) is 5.96. The van der Waals surface area contributed by atoms with Gasteiger partial charge in [0.25, 0.3) is 0 Å². The summed E-state index contributed by atoms with van der Waals surface area (Å²) in [4.78, 5) is 11.3. The number of primary amides is 1. The molecular weight excluding hydrogens is 370 g/mol. The minimum Gasteiger partial charge on any atom is -0.366 e. The molecule has 1 amide bonds. The van der Waals surface area contributed by atoms with E-state index in [0.29, 0.717) is 30.7 Å². The SMILES string of the molecule is Cl.NC(=O)c1cc(Br)cc(S(=O)(=O)N2CCNCC2)c1. The molecule has 0 bridgehead atoms. The molecule has 1 fully saturated rings. The Hall–Kier alpha value is -0.670. The van der Waals surface area contributed by atoms with E-state index in [9.17, 15) is 13.2 Å². The van der Waals surface area contributed by atoms with Crippen LogP contribution >= 0.6 is 28.3 Å². The third kappa shape index (κ3) is 3.70. The summed E-state index contributed by atoms with van der Waals surface area (Å²) < 4.78 is 26.8. The normalized spacial score (nSPS) is 16.4. The molecule has 3 N–H and O–H groups in total. The Bertz CT molecular complexity index is 603. The quantitative estimate of drug-likeness (QED) is 0.796. The van der Waals surface area contributed by atoms with Crippen LogP contribution < -0.4 is 11.1 Å². The summed E-state index contributed by atoms with van der Waals surface area (Å²) in [5, 5.41) is 3.09. The van der Waals surface area contributed by atoms with E-state index in [1.807, 2.05) is 0 Å². The number of hydrogen-bond donors (Lipinski definition) is 2. The topological polar surface area (TPSA) is 92.5 Å². The Morgan fingerprint density at radius 2 is 1.85 bits per heavy atom. The van der Waals surface area contributed by atoms with Gasteiger partial charge in [0.2, 0.25) is 15.9 Å². The first kappa shape index (κ1) is 17.4. The second kappa shape index (κ2) is 6.86. The first-order valence-electron chi connectivity index (χ1n) is 5.72. The van der Waals surface area contributed by atoms with Crippen LogP contribution in [0.1, 0.15) is 10.4 Å². The van der Waals surface area contributed by atoms with Crippen LogP contribution in [0.2, 0.25) is 0 Å². The van der Waals surface area contributed by atoms with Crippen molar-refractivity contribution < 1.29 is 13.2 Å². The van der Waals surface area contributed by atoms with Gasteiger partial charge in [0.1, 0.15) is 0 Å². The van der Waals surface area contributed by atoms with Crippen LogP contribution in [0.5, 0.6) is 0 Å². The molecule has 9 heteroatoms. The number of amides is 1. The van der Waals surface area contributed by atoms with Crippen molar-refractivity contribution in [1.29, 1.82) is 0 Å². The number of nitrogens with two attached hydrogens (primary N) is 1. The van der Waals surface area contributed by atoms with Crippen molar-refractivity contribution in [2.24, 2.45) is 5.73 Å². The number of benzene rings is 1. The minimum absolute atomic E-state index is 0. The second-order valence-electron chi connectivity index (χ2n) is 4.19. The van der Waals surface area contributed by atoms with E-state index in [2.05, 4.69) is 21.2 Å². The molecule has 1 aromatic rings. The molecule has 0 aliphatic carbocycles. The van der Waals surface area contributed by atoms with Crippen molar-refractivity contribution >= 4 is 44.3 Å².